The summed E-state index contributed by atoms with van der Waals surface area (Å²) >= 11 is 0. The molecule has 5 N–H and O–H groups in total. The van der Waals surface area contributed by atoms with Crippen molar-refractivity contribution in [2.75, 3.05) is 6.61 Å². The molecule has 0 aromatic rings. The Morgan fingerprint density at radius 2 is 1.66 bits per heavy atom. The molecule has 4 aliphatic carbocycles. The van der Waals surface area contributed by atoms with Gasteiger partial charge in [-0.3, -0.25) is 0 Å². The zero-order valence-electron chi connectivity index (χ0n) is 23.2. The normalized spacial score (nSPS) is 45.5. The predicted octanol–water partition coefficient (Wildman–Crippen LogP) is 4.44. The summed E-state index contributed by atoms with van der Waals surface area (Å²) in [6.45, 7) is 14.9. The second-order valence-electron chi connectivity index (χ2n) is 14.7. The van der Waals surface area contributed by atoms with Gasteiger partial charge < -0.3 is 25.5 Å². The molecule has 3 fully saturated rings. The molecule has 0 spiro atoms. The van der Waals surface area contributed by atoms with Gasteiger partial charge in [-0.25, -0.2) is 0 Å². The van der Waals surface area contributed by atoms with Crippen molar-refractivity contribution in [2.24, 2.45) is 45.3 Å². The smallest absolute Gasteiger partial charge is 0.108 e. The van der Waals surface area contributed by atoms with E-state index in [-0.39, 0.29) is 46.2 Å². The first-order chi connectivity index (χ1) is 16.0. The van der Waals surface area contributed by atoms with Crippen LogP contribution in [0.3, 0.4) is 0 Å². The van der Waals surface area contributed by atoms with Gasteiger partial charge in [0.1, 0.15) is 6.10 Å². The maximum Gasteiger partial charge on any atom is 0.108 e. The first kappa shape index (κ1) is 27.6. The molecule has 4 rings (SSSR count). The lowest BCUT2D eigenvalue weighted by molar-refractivity contribution is -0.134. The van der Waals surface area contributed by atoms with Gasteiger partial charge in [-0.05, 0) is 111 Å². The van der Waals surface area contributed by atoms with Crippen LogP contribution in [0.1, 0.15) is 99.8 Å². The van der Waals surface area contributed by atoms with Crippen LogP contribution >= 0.6 is 0 Å². The molecule has 0 saturated heterocycles. The Morgan fingerprint density at radius 1 is 1.00 bits per heavy atom. The number of aliphatic hydroxyl groups is 5. The van der Waals surface area contributed by atoms with E-state index >= 15 is 0 Å². The molecular formula is C30H52O5. The van der Waals surface area contributed by atoms with E-state index in [1.54, 1.807) is 5.57 Å². The summed E-state index contributed by atoms with van der Waals surface area (Å²) in [6.07, 6.45) is 7.64. The van der Waals surface area contributed by atoms with Gasteiger partial charge in [0.15, 0.2) is 0 Å². The van der Waals surface area contributed by atoms with Gasteiger partial charge in [0.2, 0.25) is 0 Å². The maximum absolute atomic E-state index is 10.8. The molecule has 4 aliphatic rings. The van der Waals surface area contributed by atoms with Crippen molar-refractivity contribution in [3.8, 4) is 0 Å². The Bertz CT molecular complexity index is 829. The molecule has 10 atom stereocenters. The molecule has 0 aromatic carbocycles. The average Bonchev–Trinajstić information content (AvgIpc) is 3.05. The molecule has 202 valence electrons. The van der Waals surface area contributed by atoms with Crippen LogP contribution in [0.5, 0.6) is 0 Å². The molecule has 3 saturated carbocycles. The van der Waals surface area contributed by atoms with E-state index in [9.17, 15) is 25.5 Å². The number of hydrogen-bond acceptors (Lipinski definition) is 5. The second kappa shape index (κ2) is 8.80. The lowest BCUT2D eigenvalue weighted by atomic mass is 9.41. The molecule has 0 amide bonds. The molecule has 0 heterocycles. The number of hydrogen-bond donors (Lipinski definition) is 5. The van der Waals surface area contributed by atoms with Crippen molar-refractivity contribution in [1.82, 2.24) is 0 Å². The lowest BCUT2D eigenvalue weighted by Crippen LogP contribution is -2.58. The molecule has 35 heavy (non-hydrogen) atoms. The van der Waals surface area contributed by atoms with E-state index < -0.39 is 17.8 Å². The summed E-state index contributed by atoms with van der Waals surface area (Å²) in [5.41, 5.74) is 0.448. The highest BCUT2D eigenvalue weighted by molar-refractivity contribution is 5.33. The Balaban J connectivity index is 1.62. The molecule has 0 aromatic heterocycles. The van der Waals surface area contributed by atoms with Gasteiger partial charge in [0.25, 0.3) is 0 Å². The van der Waals surface area contributed by atoms with Gasteiger partial charge in [0, 0.05) is 6.61 Å². The summed E-state index contributed by atoms with van der Waals surface area (Å²) in [5.74, 6) is 1.18. The average molecular weight is 493 g/mol. The highest BCUT2D eigenvalue weighted by Crippen LogP contribution is 2.73. The fraction of sp³-hybridized carbons (Fsp3) is 0.933. The summed E-state index contributed by atoms with van der Waals surface area (Å²) < 4.78 is 0. The van der Waals surface area contributed by atoms with E-state index in [1.165, 1.54) is 13.8 Å². The van der Waals surface area contributed by atoms with Crippen LogP contribution in [-0.2, 0) is 0 Å². The number of fused-ring (bicyclic) bond motifs is 5. The van der Waals surface area contributed by atoms with Crippen LogP contribution in [0.4, 0.5) is 0 Å². The fourth-order valence-electron chi connectivity index (χ4n) is 9.77. The quantitative estimate of drug-likeness (QED) is 0.353. The third kappa shape index (κ3) is 3.98. The van der Waals surface area contributed by atoms with Crippen LogP contribution in [0.15, 0.2) is 11.6 Å². The Morgan fingerprint density at radius 3 is 2.26 bits per heavy atom. The highest BCUT2D eigenvalue weighted by atomic mass is 16.4. The van der Waals surface area contributed by atoms with E-state index in [1.807, 2.05) is 0 Å². The minimum Gasteiger partial charge on any atom is -0.396 e. The fourth-order valence-corrected chi connectivity index (χ4v) is 9.77. The van der Waals surface area contributed by atoms with Gasteiger partial charge in [-0.2, -0.15) is 0 Å². The van der Waals surface area contributed by atoms with Crippen LogP contribution in [-0.4, -0.2) is 56.1 Å². The van der Waals surface area contributed by atoms with Crippen molar-refractivity contribution in [3.63, 3.8) is 0 Å². The van der Waals surface area contributed by atoms with Gasteiger partial charge in [-0.1, -0.05) is 46.3 Å². The maximum atomic E-state index is 10.8. The Hall–Kier alpha value is -0.460. The van der Waals surface area contributed by atoms with Crippen molar-refractivity contribution in [1.29, 1.82) is 0 Å². The Kier molecular flexibility index (Phi) is 6.93. The van der Waals surface area contributed by atoms with Crippen molar-refractivity contribution in [3.05, 3.63) is 11.6 Å². The minimum absolute atomic E-state index is 0.0136. The Labute approximate surface area is 213 Å². The summed E-state index contributed by atoms with van der Waals surface area (Å²) in [4.78, 5) is 0. The van der Waals surface area contributed by atoms with E-state index in [0.29, 0.717) is 18.3 Å². The topological polar surface area (TPSA) is 101 Å². The molecule has 0 radical (unpaired) electrons. The largest absolute Gasteiger partial charge is 0.396 e. The van der Waals surface area contributed by atoms with Crippen molar-refractivity contribution >= 4 is 0 Å². The summed E-state index contributed by atoms with van der Waals surface area (Å²) in [5, 5.41) is 52.6. The van der Waals surface area contributed by atoms with Crippen LogP contribution < -0.4 is 0 Å². The molecule has 5 nitrogen and oxygen atoms in total. The monoisotopic (exact) mass is 492 g/mol. The van der Waals surface area contributed by atoms with Crippen LogP contribution in [0, 0.1) is 45.3 Å². The SMILES string of the molecule is CC(C)(O)[C@@H](O)[C@H](O)C[C@H](CO)[C@@H]1CC[C@]2(C)C3=CC[C@H]4C(C)(C)[C@H](O)CC[C@]4(C)[C@H]3CC[C@@]12C. The lowest BCUT2D eigenvalue weighted by Gasteiger charge is -2.64. The molecule has 0 bridgehead atoms. The number of rotatable bonds is 6. The highest BCUT2D eigenvalue weighted by Gasteiger charge is 2.65. The second-order valence-corrected chi connectivity index (χ2v) is 14.7. The van der Waals surface area contributed by atoms with E-state index in [0.717, 1.165) is 44.9 Å². The standard InChI is InChI=1S/C30H52O5/c1-26(2)23-9-8-21-20(28(23,5)13-12-24(26)33)11-15-29(6)19(10-14-30(21,29)7)18(17-31)16-22(32)25(34)27(3,4)35/h8,18-20,22-25,31-35H,9-17H2,1-7H3/t18-,19+,20+,22-,23+,24-,25+,28-,29+,30-/m1/s1. The first-order valence-corrected chi connectivity index (χ1v) is 14.1. The van der Waals surface area contributed by atoms with Gasteiger partial charge in [-0.15, -0.1) is 0 Å². The first-order valence-electron chi connectivity index (χ1n) is 14.1. The van der Waals surface area contributed by atoms with Crippen LogP contribution in [0.25, 0.3) is 0 Å². The summed E-state index contributed by atoms with van der Waals surface area (Å²) in [7, 11) is 0. The third-order valence-corrected chi connectivity index (χ3v) is 12.3. The molecule has 0 unspecified atom stereocenters. The van der Waals surface area contributed by atoms with Crippen molar-refractivity contribution < 1.29 is 25.5 Å². The van der Waals surface area contributed by atoms with Gasteiger partial charge in [0.05, 0.1) is 17.8 Å². The van der Waals surface area contributed by atoms with Crippen LogP contribution in [0.2, 0.25) is 0 Å². The van der Waals surface area contributed by atoms with Gasteiger partial charge >= 0.3 is 0 Å². The molecule has 0 aliphatic heterocycles. The van der Waals surface area contributed by atoms with E-state index in [4.69, 9.17) is 0 Å². The number of aliphatic hydroxyl groups excluding tert-OH is 4. The zero-order chi connectivity index (χ0) is 26.2. The van der Waals surface area contributed by atoms with Crippen molar-refractivity contribution in [2.45, 2.75) is 124 Å². The summed E-state index contributed by atoms with van der Waals surface area (Å²) in [6, 6.07) is 0. The van der Waals surface area contributed by atoms with E-state index in [2.05, 4.69) is 40.7 Å². The predicted molar refractivity (Wildman–Crippen MR) is 138 cm³/mol. The molecule has 5 heteroatoms. The zero-order valence-corrected chi connectivity index (χ0v) is 23.2. The number of allylic oxidation sites excluding steroid dienone is 2. The minimum atomic E-state index is -1.38. The molecular weight excluding hydrogens is 440 g/mol. The third-order valence-electron chi connectivity index (χ3n) is 12.3.